The predicted molar refractivity (Wildman–Crippen MR) is 136 cm³/mol. The molecule has 1 atom stereocenters. The number of benzene rings is 2. The van der Waals surface area contributed by atoms with Crippen LogP contribution in [0, 0.1) is 22.9 Å². The molecule has 2 heterocycles. The topological polar surface area (TPSA) is 80.8 Å². The van der Waals surface area contributed by atoms with Gasteiger partial charge in [0.15, 0.2) is 11.6 Å². The van der Waals surface area contributed by atoms with Gasteiger partial charge >= 0.3 is 0 Å². The van der Waals surface area contributed by atoms with E-state index in [1.807, 2.05) is 0 Å². The summed E-state index contributed by atoms with van der Waals surface area (Å²) in [6.07, 6.45) is 2.32. The molecule has 0 amide bonds. The van der Waals surface area contributed by atoms with E-state index in [1.165, 1.54) is 0 Å². The Bertz CT molecular complexity index is 1250. The molecule has 4 rings (SSSR count). The number of hydrogen-bond acceptors (Lipinski definition) is 6. The minimum atomic E-state index is -1.30. The van der Waals surface area contributed by atoms with E-state index in [-0.39, 0.29) is 26.2 Å². The minimum Gasteiger partial charge on any atom is -0.497 e. The Balaban J connectivity index is 1.35. The lowest BCUT2D eigenvalue weighted by molar-refractivity contribution is 0.0264. The molecule has 0 saturated carbocycles. The summed E-state index contributed by atoms with van der Waals surface area (Å²) in [5, 5.41) is 10.9. The van der Waals surface area contributed by atoms with Crippen molar-refractivity contribution in [2.45, 2.75) is 38.4 Å². The molecule has 1 aliphatic rings. The highest BCUT2D eigenvalue weighted by atomic mass is 19.2. The Morgan fingerprint density at radius 2 is 1.92 bits per heavy atom. The van der Waals surface area contributed by atoms with Crippen LogP contribution < -0.4 is 15.2 Å². The summed E-state index contributed by atoms with van der Waals surface area (Å²) >= 11 is 0. The van der Waals surface area contributed by atoms with Crippen molar-refractivity contribution in [3.8, 4) is 11.5 Å². The van der Waals surface area contributed by atoms with Gasteiger partial charge in [0.1, 0.15) is 24.3 Å². The van der Waals surface area contributed by atoms with Gasteiger partial charge in [-0.3, -0.25) is 9.88 Å². The highest BCUT2D eigenvalue weighted by molar-refractivity contribution is 5.85. The van der Waals surface area contributed by atoms with E-state index >= 15 is 4.39 Å². The number of rotatable bonds is 11. The van der Waals surface area contributed by atoms with Crippen LogP contribution in [0.1, 0.15) is 43.0 Å². The summed E-state index contributed by atoms with van der Waals surface area (Å²) < 4.78 is 66.9. The van der Waals surface area contributed by atoms with Crippen molar-refractivity contribution >= 4 is 10.9 Å². The molecule has 0 bridgehead atoms. The van der Waals surface area contributed by atoms with Crippen LogP contribution in [0.2, 0.25) is 0 Å². The van der Waals surface area contributed by atoms with Crippen molar-refractivity contribution in [2.24, 2.45) is 11.1 Å². The molecule has 1 unspecified atom stereocenters. The number of halogens is 4. The van der Waals surface area contributed by atoms with E-state index in [4.69, 9.17) is 15.2 Å². The number of aliphatic hydroxyl groups excluding tert-OH is 1. The number of fused-ring (bicyclic) bond motifs is 1. The molecule has 38 heavy (non-hydrogen) atoms. The fourth-order valence-electron chi connectivity index (χ4n) is 5.13. The minimum absolute atomic E-state index is 0.0545. The highest BCUT2D eigenvalue weighted by Gasteiger charge is 2.35. The van der Waals surface area contributed by atoms with E-state index in [0.717, 1.165) is 6.07 Å². The molecular formula is C28H33F4N3O3. The lowest BCUT2D eigenvalue weighted by Crippen LogP contribution is -2.43. The Morgan fingerprint density at radius 1 is 1.16 bits per heavy atom. The second-order valence-electron chi connectivity index (χ2n) is 9.84. The zero-order valence-electron chi connectivity index (χ0n) is 21.4. The van der Waals surface area contributed by atoms with Crippen molar-refractivity contribution < 1.29 is 32.1 Å². The molecule has 1 saturated heterocycles. The third-order valence-electron chi connectivity index (χ3n) is 7.54. The van der Waals surface area contributed by atoms with Crippen LogP contribution in [0.4, 0.5) is 17.6 Å². The lowest BCUT2D eigenvalue weighted by Gasteiger charge is -2.41. The molecule has 1 aromatic heterocycles. The normalized spacial score (nSPS) is 16.5. The van der Waals surface area contributed by atoms with Gasteiger partial charge in [0.25, 0.3) is 0 Å². The lowest BCUT2D eigenvalue weighted by atomic mass is 9.74. The third-order valence-corrected chi connectivity index (χ3v) is 7.54. The summed E-state index contributed by atoms with van der Waals surface area (Å²) in [5.74, 6) is -3.28. The number of pyridine rings is 1. The van der Waals surface area contributed by atoms with Crippen molar-refractivity contribution in [1.82, 2.24) is 9.88 Å². The predicted octanol–water partition coefficient (Wildman–Crippen LogP) is 5.06. The van der Waals surface area contributed by atoms with Crippen LogP contribution in [0.5, 0.6) is 11.5 Å². The standard InChI is InChI=1S/C28H33F4N3O3/c1-37-20-2-3-24-21(14-20)26(18(15-33)16-34-24)22(30)4-5-28(17-36)6-8-35(9-7-28)10-11-38-25-13-19(29)12-23(31)27(25)32/h2-3,12-14,16,22,36H,4-11,15,17,33H2,1H3. The highest BCUT2D eigenvalue weighted by Crippen LogP contribution is 2.41. The number of piperidine rings is 1. The van der Waals surface area contributed by atoms with E-state index < -0.39 is 34.8 Å². The van der Waals surface area contributed by atoms with Crippen LogP contribution >= 0.6 is 0 Å². The number of nitrogens with two attached hydrogens (primary N) is 1. The first-order valence-electron chi connectivity index (χ1n) is 12.7. The molecule has 1 aliphatic heterocycles. The van der Waals surface area contributed by atoms with Gasteiger partial charge in [0, 0.05) is 49.0 Å². The van der Waals surface area contributed by atoms with Gasteiger partial charge < -0.3 is 20.3 Å². The Hall–Kier alpha value is -2.95. The van der Waals surface area contributed by atoms with E-state index in [2.05, 4.69) is 9.88 Å². The van der Waals surface area contributed by atoms with E-state index in [9.17, 15) is 18.3 Å². The zero-order valence-corrected chi connectivity index (χ0v) is 21.4. The monoisotopic (exact) mass is 535 g/mol. The molecule has 1 fully saturated rings. The second-order valence-corrected chi connectivity index (χ2v) is 9.84. The number of nitrogens with zero attached hydrogens (tertiary/aromatic N) is 2. The number of likely N-dealkylation sites (tertiary alicyclic amines) is 1. The molecule has 0 aliphatic carbocycles. The van der Waals surface area contributed by atoms with Crippen LogP contribution in [0.25, 0.3) is 10.9 Å². The largest absolute Gasteiger partial charge is 0.497 e. The van der Waals surface area contributed by atoms with Crippen molar-refractivity contribution in [2.75, 3.05) is 40.0 Å². The number of ether oxygens (including phenoxy) is 2. The fourth-order valence-corrected chi connectivity index (χ4v) is 5.13. The Labute approximate surface area is 219 Å². The smallest absolute Gasteiger partial charge is 0.200 e. The number of aromatic nitrogens is 1. The van der Waals surface area contributed by atoms with Gasteiger partial charge in [-0.2, -0.15) is 4.39 Å². The van der Waals surface area contributed by atoms with Gasteiger partial charge in [-0.05, 0) is 68.0 Å². The maximum atomic E-state index is 15.8. The summed E-state index contributed by atoms with van der Waals surface area (Å²) in [7, 11) is 1.55. The van der Waals surface area contributed by atoms with Crippen LogP contribution in [-0.2, 0) is 6.54 Å². The Kier molecular flexibility index (Phi) is 9.07. The SMILES string of the molecule is COc1ccc2ncc(CN)c(C(F)CCC3(CO)CCN(CCOc4cc(F)cc(F)c4F)CC3)c2c1. The summed E-state index contributed by atoms with van der Waals surface area (Å²) in [5.41, 5.74) is 7.29. The first-order valence-corrected chi connectivity index (χ1v) is 12.7. The molecular weight excluding hydrogens is 502 g/mol. The van der Waals surface area contributed by atoms with Gasteiger partial charge in [-0.1, -0.05) is 0 Å². The molecule has 3 aromatic rings. The first-order chi connectivity index (χ1) is 18.3. The average molecular weight is 536 g/mol. The summed E-state index contributed by atoms with van der Waals surface area (Å²) in [4.78, 5) is 6.47. The maximum absolute atomic E-state index is 15.8. The van der Waals surface area contributed by atoms with Crippen molar-refractivity contribution in [3.63, 3.8) is 0 Å². The Morgan fingerprint density at radius 3 is 2.61 bits per heavy atom. The quantitative estimate of drug-likeness (QED) is 0.264. The van der Waals surface area contributed by atoms with Gasteiger partial charge in [0.2, 0.25) is 5.82 Å². The van der Waals surface area contributed by atoms with Crippen LogP contribution in [-0.4, -0.2) is 54.9 Å². The third kappa shape index (κ3) is 6.19. The zero-order chi connectivity index (χ0) is 27.3. The van der Waals surface area contributed by atoms with Gasteiger partial charge in [-0.15, -0.1) is 0 Å². The summed E-state index contributed by atoms with van der Waals surface area (Å²) in [6.45, 7) is 1.83. The average Bonchev–Trinajstić information content (AvgIpc) is 2.94. The second kappa shape index (κ2) is 12.3. The molecule has 10 heteroatoms. The number of aliphatic hydroxyl groups is 1. The van der Waals surface area contributed by atoms with Gasteiger partial charge in [-0.25, -0.2) is 13.2 Å². The first kappa shape index (κ1) is 28.1. The number of hydrogen-bond donors (Lipinski definition) is 2. The fraction of sp³-hybridized carbons (Fsp3) is 0.464. The van der Waals surface area contributed by atoms with Gasteiger partial charge in [0.05, 0.1) is 12.6 Å². The maximum Gasteiger partial charge on any atom is 0.200 e. The van der Waals surface area contributed by atoms with E-state index in [1.54, 1.807) is 31.5 Å². The molecule has 2 aromatic carbocycles. The van der Waals surface area contributed by atoms with Crippen molar-refractivity contribution in [1.29, 1.82) is 0 Å². The molecule has 0 spiro atoms. The summed E-state index contributed by atoms with van der Waals surface area (Å²) in [6, 6.07) is 6.63. The van der Waals surface area contributed by atoms with Crippen LogP contribution in [0.3, 0.4) is 0 Å². The number of alkyl halides is 1. The van der Waals surface area contributed by atoms with Crippen LogP contribution in [0.15, 0.2) is 36.5 Å². The molecule has 206 valence electrons. The molecule has 6 nitrogen and oxygen atoms in total. The molecule has 3 N–H and O–H groups in total. The molecule has 0 radical (unpaired) electrons. The van der Waals surface area contributed by atoms with E-state index in [0.29, 0.717) is 72.7 Å². The van der Waals surface area contributed by atoms with Crippen molar-refractivity contribution in [3.05, 3.63) is 65.1 Å². The number of methoxy groups -OCH3 is 1.